The summed E-state index contributed by atoms with van der Waals surface area (Å²) < 4.78 is 5.99. The van der Waals surface area contributed by atoms with Crippen molar-refractivity contribution in [2.45, 2.75) is 51.2 Å². The second kappa shape index (κ2) is 16.9. The van der Waals surface area contributed by atoms with Crippen molar-refractivity contribution in [2.24, 2.45) is 11.8 Å². The van der Waals surface area contributed by atoms with Gasteiger partial charge >= 0.3 is 5.97 Å². The van der Waals surface area contributed by atoms with Crippen LogP contribution in [-0.4, -0.2) is 42.1 Å². The van der Waals surface area contributed by atoms with Crippen LogP contribution in [0.3, 0.4) is 0 Å². The fraction of sp³-hybridized carbons (Fsp3) is 0.387. The number of carbonyl (C=O) groups excluding carboxylic acids is 3. The number of benzene rings is 2. The average Bonchev–Trinajstić information content (AvgIpc) is 2.93. The number of ether oxygens (including phenoxy) is 1. The predicted octanol–water partition coefficient (Wildman–Crippen LogP) is 4.29. The van der Waals surface area contributed by atoms with Crippen molar-refractivity contribution in [3.8, 4) is 0 Å². The highest BCUT2D eigenvalue weighted by atomic mass is 16.5. The first kappa shape index (κ1) is 30.5. The molecule has 0 saturated carbocycles. The van der Waals surface area contributed by atoms with Gasteiger partial charge in [-0.1, -0.05) is 72.8 Å². The minimum absolute atomic E-state index is 0.0430. The lowest BCUT2D eigenvalue weighted by atomic mass is 9.94. The van der Waals surface area contributed by atoms with Crippen LogP contribution < -0.4 is 10.6 Å². The first-order valence-corrected chi connectivity index (χ1v) is 13.1. The fourth-order valence-electron chi connectivity index (χ4n) is 4.08. The molecule has 2 aromatic carbocycles. The van der Waals surface area contributed by atoms with Gasteiger partial charge in [0.25, 0.3) is 0 Å². The van der Waals surface area contributed by atoms with E-state index < -0.39 is 18.1 Å². The Morgan fingerprint density at radius 3 is 2.24 bits per heavy atom. The molecule has 2 rings (SSSR count). The molecule has 0 saturated heterocycles. The molecule has 0 fully saturated rings. The summed E-state index contributed by atoms with van der Waals surface area (Å²) in [4.78, 5) is 38.7. The Morgan fingerprint density at radius 1 is 0.974 bits per heavy atom. The number of rotatable bonds is 17. The van der Waals surface area contributed by atoms with Crippen LogP contribution in [0.25, 0.3) is 0 Å². The summed E-state index contributed by atoms with van der Waals surface area (Å²) in [5.74, 6) is -1.99. The number of hydrogen-bond donors (Lipinski definition) is 3. The molecular weight excluding hydrogens is 480 g/mol. The van der Waals surface area contributed by atoms with E-state index in [1.807, 2.05) is 60.7 Å². The van der Waals surface area contributed by atoms with Crippen LogP contribution in [0.5, 0.6) is 0 Å². The van der Waals surface area contributed by atoms with Gasteiger partial charge in [0, 0.05) is 12.5 Å². The molecule has 0 aliphatic heterocycles. The van der Waals surface area contributed by atoms with E-state index in [0.29, 0.717) is 25.7 Å². The maximum absolute atomic E-state index is 13.3. The maximum atomic E-state index is 13.3. The van der Waals surface area contributed by atoms with Gasteiger partial charge in [-0.3, -0.25) is 14.4 Å². The van der Waals surface area contributed by atoms with E-state index in [-0.39, 0.29) is 43.3 Å². The molecule has 0 radical (unpaired) electrons. The van der Waals surface area contributed by atoms with Crippen molar-refractivity contribution < 1.29 is 24.2 Å². The summed E-state index contributed by atoms with van der Waals surface area (Å²) in [5.41, 5.74) is 1.81. The Balaban J connectivity index is 2.12. The average molecular weight is 521 g/mol. The highest BCUT2D eigenvalue weighted by Gasteiger charge is 2.27. The quantitative estimate of drug-likeness (QED) is 0.213. The summed E-state index contributed by atoms with van der Waals surface area (Å²) in [5, 5.41) is 14.7. The van der Waals surface area contributed by atoms with Gasteiger partial charge in [0.15, 0.2) is 0 Å². The van der Waals surface area contributed by atoms with Gasteiger partial charge in [-0.2, -0.15) is 0 Å². The molecule has 0 spiro atoms. The maximum Gasteiger partial charge on any atom is 0.309 e. The number of amides is 2. The third-order valence-corrected chi connectivity index (χ3v) is 6.20. The van der Waals surface area contributed by atoms with Gasteiger partial charge in [-0.25, -0.2) is 0 Å². The monoisotopic (exact) mass is 520 g/mol. The fourth-order valence-corrected chi connectivity index (χ4v) is 4.08. The zero-order chi connectivity index (χ0) is 27.8. The SMILES string of the molecule is C=CCC[C@H](Cc1ccccc1)C(=O)O[C@@H](CNC(=O)[C@H](CC=C)CC(=O)N[C@H](C)CO)c1ccccc1. The van der Waals surface area contributed by atoms with E-state index in [0.717, 1.165) is 11.1 Å². The minimum atomic E-state index is -0.692. The Hall–Kier alpha value is -3.71. The molecule has 0 unspecified atom stereocenters. The zero-order valence-corrected chi connectivity index (χ0v) is 22.2. The molecule has 7 nitrogen and oxygen atoms in total. The number of allylic oxidation sites excluding steroid dienone is 2. The van der Waals surface area contributed by atoms with Gasteiger partial charge in [-0.15, -0.1) is 13.2 Å². The van der Waals surface area contributed by atoms with Crippen LogP contribution in [-0.2, 0) is 25.5 Å². The number of hydrogen-bond acceptors (Lipinski definition) is 5. The minimum Gasteiger partial charge on any atom is -0.455 e. The molecule has 7 heteroatoms. The van der Waals surface area contributed by atoms with Crippen LogP contribution in [0.2, 0.25) is 0 Å². The van der Waals surface area contributed by atoms with Crippen molar-refractivity contribution in [3.63, 3.8) is 0 Å². The highest BCUT2D eigenvalue weighted by molar-refractivity contribution is 5.86. The number of aliphatic hydroxyl groups excluding tert-OH is 1. The first-order chi connectivity index (χ1) is 18.4. The molecule has 0 aromatic heterocycles. The number of esters is 1. The lowest BCUT2D eigenvalue weighted by Gasteiger charge is -2.24. The van der Waals surface area contributed by atoms with E-state index in [4.69, 9.17) is 9.84 Å². The van der Waals surface area contributed by atoms with Crippen molar-refractivity contribution in [3.05, 3.63) is 97.1 Å². The van der Waals surface area contributed by atoms with Crippen LogP contribution in [0.1, 0.15) is 49.8 Å². The summed E-state index contributed by atoms with van der Waals surface area (Å²) in [7, 11) is 0. The Kier molecular flexibility index (Phi) is 13.6. The van der Waals surface area contributed by atoms with Crippen LogP contribution in [0, 0.1) is 11.8 Å². The third-order valence-electron chi connectivity index (χ3n) is 6.20. The molecule has 204 valence electrons. The van der Waals surface area contributed by atoms with Crippen LogP contribution in [0.4, 0.5) is 0 Å². The Morgan fingerprint density at radius 2 is 1.63 bits per heavy atom. The van der Waals surface area contributed by atoms with E-state index in [1.54, 1.807) is 19.1 Å². The van der Waals surface area contributed by atoms with Crippen molar-refractivity contribution in [1.29, 1.82) is 0 Å². The topological polar surface area (TPSA) is 105 Å². The lowest BCUT2D eigenvalue weighted by Crippen LogP contribution is -2.40. The van der Waals surface area contributed by atoms with E-state index >= 15 is 0 Å². The first-order valence-electron chi connectivity index (χ1n) is 13.1. The zero-order valence-electron chi connectivity index (χ0n) is 22.2. The molecule has 3 N–H and O–H groups in total. The molecule has 0 aliphatic carbocycles. The second-order valence-corrected chi connectivity index (χ2v) is 9.41. The largest absolute Gasteiger partial charge is 0.455 e. The summed E-state index contributed by atoms with van der Waals surface area (Å²) >= 11 is 0. The highest BCUT2D eigenvalue weighted by Crippen LogP contribution is 2.23. The van der Waals surface area contributed by atoms with Crippen molar-refractivity contribution in [2.75, 3.05) is 13.2 Å². The van der Waals surface area contributed by atoms with Gasteiger partial charge < -0.3 is 20.5 Å². The molecule has 0 bridgehead atoms. The summed E-state index contributed by atoms with van der Waals surface area (Å²) in [6, 6.07) is 18.7. The van der Waals surface area contributed by atoms with Gasteiger partial charge in [0.05, 0.1) is 25.0 Å². The standard InChI is InChI=1S/C31H40N2O5/c1-4-6-16-27(19-24-14-9-7-10-15-24)31(37)38-28(25-17-11-8-12-18-25)21-32-30(36)26(13-5-2)20-29(35)33-23(3)22-34/h4-5,7-12,14-15,17-18,23,26-28,34H,1-2,6,13,16,19-22H2,3H3,(H,32,36)(H,33,35)/t23-,26-,27-,28+/m1/s1. The molecule has 4 atom stereocenters. The van der Waals surface area contributed by atoms with E-state index in [9.17, 15) is 14.4 Å². The summed E-state index contributed by atoms with van der Waals surface area (Å²) in [6.07, 6.45) is 4.79. The normalized spacial score (nSPS) is 13.8. The van der Waals surface area contributed by atoms with E-state index in [1.165, 1.54) is 0 Å². The number of nitrogens with one attached hydrogen (secondary N) is 2. The molecule has 2 amide bonds. The third kappa shape index (κ3) is 10.7. The molecule has 0 aliphatic rings. The van der Waals surface area contributed by atoms with Gasteiger partial charge in [0.2, 0.25) is 11.8 Å². The van der Waals surface area contributed by atoms with Gasteiger partial charge in [-0.05, 0) is 43.7 Å². The van der Waals surface area contributed by atoms with Gasteiger partial charge in [0.1, 0.15) is 6.10 Å². The molecule has 38 heavy (non-hydrogen) atoms. The van der Waals surface area contributed by atoms with Crippen LogP contribution in [0.15, 0.2) is 86.0 Å². The predicted molar refractivity (Wildman–Crippen MR) is 149 cm³/mol. The smallest absolute Gasteiger partial charge is 0.309 e. The molecule has 2 aromatic rings. The van der Waals surface area contributed by atoms with Crippen molar-refractivity contribution in [1.82, 2.24) is 10.6 Å². The molecule has 0 heterocycles. The van der Waals surface area contributed by atoms with Crippen molar-refractivity contribution >= 4 is 17.8 Å². The lowest BCUT2D eigenvalue weighted by molar-refractivity contribution is -0.155. The molecular formula is C31H40N2O5. The second-order valence-electron chi connectivity index (χ2n) is 9.41. The number of aliphatic hydroxyl groups is 1. The summed E-state index contributed by atoms with van der Waals surface area (Å²) in [6.45, 7) is 9.04. The Bertz CT molecular complexity index is 1030. The van der Waals surface area contributed by atoms with Crippen LogP contribution >= 0.6 is 0 Å². The Labute approximate surface area is 226 Å². The van der Waals surface area contributed by atoms with E-state index in [2.05, 4.69) is 23.8 Å². The number of carbonyl (C=O) groups is 3.